The van der Waals surface area contributed by atoms with E-state index in [0.717, 1.165) is 41.1 Å². The Labute approximate surface area is 176 Å². The molecule has 1 aliphatic rings. The predicted molar refractivity (Wildman–Crippen MR) is 115 cm³/mol. The number of amides is 1. The van der Waals surface area contributed by atoms with Crippen molar-refractivity contribution in [2.24, 2.45) is 0 Å². The molecule has 2 aromatic carbocycles. The van der Waals surface area contributed by atoms with Crippen LogP contribution in [0.25, 0.3) is 5.69 Å². The first-order chi connectivity index (χ1) is 14.7. The van der Waals surface area contributed by atoms with Crippen molar-refractivity contribution in [2.75, 3.05) is 20.2 Å². The largest absolute Gasteiger partial charge is 0.497 e. The lowest BCUT2D eigenvalue weighted by Gasteiger charge is -2.33. The molecule has 0 spiro atoms. The summed E-state index contributed by atoms with van der Waals surface area (Å²) in [5, 5.41) is 14.4. The number of rotatable bonds is 6. The Morgan fingerprint density at radius 3 is 2.60 bits per heavy atom. The van der Waals surface area contributed by atoms with Gasteiger partial charge in [-0.15, -0.1) is 0 Å². The topological polar surface area (TPSA) is 67.6 Å². The van der Waals surface area contributed by atoms with Gasteiger partial charge in [0.25, 0.3) is 0 Å². The highest BCUT2D eigenvalue weighted by Crippen LogP contribution is 2.32. The van der Waals surface area contributed by atoms with Crippen LogP contribution in [-0.4, -0.2) is 45.9 Å². The zero-order valence-corrected chi connectivity index (χ0v) is 17.2. The highest BCUT2D eigenvalue weighted by atomic mass is 16.5. The number of benzene rings is 2. The number of ether oxygens (including phenoxy) is 1. The molecule has 6 heteroatoms. The zero-order valence-electron chi connectivity index (χ0n) is 17.2. The summed E-state index contributed by atoms with van der Waals surface area (Å²) in [7, 11) is 1.63. The first kappa shape index (κ1) is 20.2. The second kappa shape index (κ2) is 9.13. The summed E-state index contributed by atoms with van der Waals surface area (Å²) in [6, 6.07) is 17.7. The third-order valence-corrected chi connectivity index (χ3v) is 5.78. The molecule has 2 heterocycles. The van der Waals surface area contributed by atoms with Crippen molar-refractivity contribution < 1.29 is 14.6 Å². The quantitative estimate of drug-likeness (QED) is 0.683. The Bertz CT molecular complexity index is 992. The highest BCUT2D eigenvalue weighted by Gasteiger charge is 2.28. The van der Waals surface area contributed by atoms with Crippen LogP contribution in [0.2, 0.25) is 0 Å². The molecular formula is C24H27N3O3. The van der Waals surface area contributed by atoms with Crippen molar-refractivity contribution in [1.82, 2.24) is 14.7 Å². The second-order valence-corrected chi connectivity index (χ2v) is 7.64. The standard InChI is InChI=1S/C24H27N3O3/c1-30-22-9-5-6-18(14-22)15-23(29)26-12-10-19(11-13-26)24-20(17-28)16-25-27(24)21-7-3-2-4-8-21/h2-9,14,16,19,28H,10-13,15,17H2,1H3. The summed E-state index contributed by atoms with van der Waals surface area (Å²) in [6.07, 6.45) is 3.85. The molecule has 1 N–H and O–H groups in total. The van der Waals surface area contributed by atoms with Gasteiger partial charge in [-0.2, -0.15) is 5.10 Å². The van der Waals surface area contributed by atoms with Crippen molar-refractivity contribution >= 4 is 5.91 Å². The van der Waals surface area contributed by atoms with Gasteiger partial charge < -0.3 is 14.7 Å². The van der Waals surface area contributed by atoms with Crippen molar-refractivity contribution in [3.63, 3.8) is 0 Å². The number of para-hydroxylation sites is 1. The molecule has 0 saturated carbocycles. The maximum atomic E-state index is 12.8. The van der Waals surface area contributed by atoms with E-state index in [0.29, 0.717) is 19.5 Å². The normalized spacial score (nSPS) is 14.7. The number of hydrogen-bond donors (Lipinski definition) is 1. The van der Waals surface area contributed by atoms with Crippen LogP contribution in [0.3, 0.4) is 0 Å². The van der Waals surface area contributed by atoms with E-state index >= 15 is 0 Å². The number of likely N-dealkylation sites (tertiary alicyclic amines) is 1. The van der Waals surface area contributed by atoms with Crippen LogP contribution in [0.15, 0.2) is 60.8 Å². The average molecular weight is 405 g/mol. The first-order valence-corrected chi connectivity index (χ1v) is 10.3. The number of piperidine rings is 1. The Morgan fingerprint density at radius 2 is 1.90 bits per heavy atom. The molecule has 0 bridgehead atoms. The molecule has 1 fully saturated rings. The van der Waals surface area contributed by atoms with Gasteiger partial charge in [0.2, 0.25) is 5.91 Å². The maximum absolute atomic E-state index is 12.8. The Kier molecular flexibility index (Phi) is 6.14. The van der Waals surface area contributed by atoms with Crippen LogP contribution in [0.4, 0.5) is 0 Å². The predicted octanol–water partition coefficient (Wildman–Crippen LogP) is 3.32. The summed E-state index contributed by atoms with van der Waals surface area (Å²) in [4.78, 5) is 14.7. The van der Waals surface area contributed by atoms with Crippen LogP contribution in [0, 0.1) is 0 Å². The molecule has 4 rings (SSSR count). The molecule has 30 heavy (non-hydrogen) atoms. The van der Waals surface area contributed by atoms with Gasteiger partial charge in [-0.3, -0.25) is 4.79 Å². The minimum absolute atomic E-state index is 0.0306. The molecule has 1 saturated heterocycles. The molecule has 1 aliphatic heterocycles. The van der Waals surface area contributed by atoms with E-state index in [2.05, 4.69) is 5.10 Å². The van der Waals surface area contributed by atoms with Crippen LogP contribution in [-0.2, 0) is 17.8 Å². The molecule has 0 radical (unpaired) electrons. The lowest BCUT2D eigenvalue weighted by Crippen LogP contribution is -2.39. The van der Waals surface area contributed by atoms with Gasteiger partial charge in [0.15, 0.2) is 0 Å². The van der Waals surface area contributed by atoms with Crippen LogP contribution in [0.5, 0.6) is 5.75 Å². The summed E-state index contributed by atoms with van der Waals surface area (Å²) in [5.74, 6) is 1.17. The number of nitrogens with zero attached hydrogens (tertiary/aromatic N) is 3. The minimum Gasteiger partial charge on any atom is -0.497 e. The molecule has 6 nitrogen and oxygen atoms in total. The molecule has 3 aromatic rings. The van der Waals surface area contributed by atoms with E-state index in [1.54, 1.807) is 13.3 Å². The minimum atomic E-state index is -0.0306. The smallest absolute Gasteiger partial charge is 0.226 e. The van der Waals surface area contributed by atoms with Gasteiger partial charge in [0.05, 0.1) is 37.7 Å². The SMILES string of the molecule is COc1cccc(CC(=O)N2CCC(c3c(CO)cnn3-c3ccccc3)CC2)c1. The van der Waals surface area contributed by atoms with Gasteiger partial charge >= 0.3 is 0 Å². The van der Waals surface area contributed by atoms with Gasteiger partial charge in [0, 0.05) is 24.6 Å². The summed E-state index contributed by atoms with van der Waals surface area (Å²) in [5.41, 5.74) is 3.87. The Morgan fingerprint density at radius 1 is 1.13 bits per heavy atom. The molecule has 0 atom stereocenters. The number of aromatic nitrogens is 2. The van der Waals surface area contributed by atoms with Crippen LogP contribution in [0.1, 0.15) is 35.6 Å². The van der Waals surface area contributed by atoms with E-state index in [9.17, 15) is 9.90 Å². The lowest BCUT2D eigenvalue weighted by atomic mass is 9.90. The van der Waals surface area contributed by atoms with Crippen LogP contribution < -0.4 is 4.74 Å². The monoisotopic (exact) mass is 405 g/mol. The van der Waals surface area contributed by atoms with E-state index in [1.165, 1.54) is 0 Å². The number of aliphatic hydroxyl groups is 1. The van der Waals surface area contributed by atoms with Crippen molar-refractivity contribution in [3.8, 4) is 11.4 Å². The fourth-order valence-electron chi connectivity index (χ4n) is 4.19. The number of aliphatic hydroxyl groups excluding tert-OH is 1. The van der Waals surface area contributed by atoms with Gasteiger partial charge in [-0.05, 0) is 42.7 Å². The Balaban J connectivity index is 1.45. The van der Waals surface area contributed by atoms with Gasteiger partial charge in [-0.25, -0.2) is 4.68 Å². The zero-order chi connectivity index (χ0) is 20.9. The van der Waals surface area contributed by atoms with Gasteiger partial charge in [-0.1, -0.05) is 30.3 Å². The summed E-state index contributed by atoms with van der Waals surface area (Å²) < 4.78 is 7.19. The average Bonchev–Trinajstić information content (AvgIpc) is 3.24. The van der Waals surface area contributed by atoms with Crippen LogP contribution >= 0.6 is 0 Å². The molecule has 0 aliphatic carbocycles. The molecule has 0 unspecified atom stereocenters. The number of methoxy groups -OCH3 is 1. The third-order valence-electron chi connectivity index (χ3n) is 5.78. The van der Waals surface area contributed by atoms with Crippen molar-refractivity contribution in [2.45, 2.75) is 31.8 Å². The molecule has 1 aromatic heterocycles. The number of carbonyl (C=O) groups is 1. The molecular weight excluding hydrogens is 378 g/mol. The maximum Gasteiger partial charge on any atom is 0.226 e. The Hall–Kier alpha value is -3.12. The van der Waals surface area contributed by atoms with E-state index < -0.39 is 0 Å². The van der Waals surface area contributed by atoms with E-state index in [4.69, 9.17) is 4.74 Å². The fourth-order valence-corrected chi connectivity index (χ4v) is 4.19. The van der Waals surface area contributed by atoms with E-state index in [1.807, 2.05) is 64.2 Å². The van der Waals surface area contributed by atoms with E-state index in [-0.39, 0.29) is 18.4 Å². The first-order valence-electron chi connectivity index (χ1n) is 10.3. The number of hydrogen-bond acceptors (Lipinski definition) is 4. The third kappa shape index (κ3) is 4.24. The number of carbonyl (C=O) groups excluding carboxylic acids is 1. The highest BCUT2D eigenvalue weighted by molar-refractivity contribution is 5.79. The lowest BCUT2D eigenvalue weighted by molar-refractivity contribution is -0.131. The van der Waals surface area contributed by atoms with Gasteiger partial charge in [0.1, 0.15) is 5.75 Å². The van der Waals surface area contributed by atoms with Crippen molar-refractivity contribution in [3.05, 3.63) is 77.6 Å². The summed E-state index contributed by atoms with van der Waals surface area (Å²) in [6.45, 7) is 1.38. The molecule has 156 valence electrons. The molecule has 1 amide bonds. The second-order valence-electron chi connectivity index (χ2n) is 7.64. The van der Waals surface area contributed by atoms with Crippen molar-refractivity contribution in [1.29, 1.82) is 0 Å². The summed E-state index contributed by atoms with van der Waals surface area (Å²) >= 11 is 0. The fraction of sp³-hybridized carbons (Fsp3) is 0.333.